The third kappa shape index (κ3) is 6.37. The van der Waals surface area contributed by atoms with E-state index >= 15 is 0 Å². The zero-order valence-corrected chi connectivity index (χ0v) is 21.9. The van der Waals surface area contributed by atoms with Crippen molar-refractivity contribution in [3.05, 3.63) is 126 Å². The van der Waals surface area contributed by atoms with E-state index in [1.54, 1.807) is 31.2 Å². The molecule has 0 spiro atoms. The number of anilines is 1. The second-order valence-corrected chi connectivity index (χ2v) is 10.7. The highest BCUT2D eigenvalue weighted by atomic mass is 32.2. The molecule has 1 amide bonds. The third-order valence-corrected chi connectivity index (χ3v) is 7.32. The summed E-state index contributed by atoms with van der Waals surface area (Å²) in [6, 6.07) is 32.0. The number of hydrogen-bond donors (Lipinski definition) is 1. The van der Waals surface area contributed by atoms with E-state index in [1.807, 2.05) is 91.9 Å². The van der Waals surface area contributed by atoms with Crippen molar-refractivity contribution in [1.82, 2.24) is 5.32 Å². The molecule has 0 saturated carbocycles. The first-order valence-electron chi connectivity index (χ1n) is 12.0. The van der Waals surface area contributed by atoms with E-state index in [0.29, 0.717) is 17.2 Å². The van der Waals surface area contributed by atoms with Crippen LogP contribution in [0.15, 0.2) is 109 Å². The molecule has 6 nitrogen and oxygen atoms in total. The van der Waals surface area contributed by atoms with E-state index in [-0.39, 0.29) is 0 Å². The van der Waals surface area contributed by atoms with Crippen LogP contribution in [0.25, 0.3) is 0 Å². The minimum Gasteiger partial charge on any atom is -0.457 e. The predicted octanol–water partition coefficient (Wildman–Crippen LogP) is 5.85. The number of nitrogens with zero attached hydrogens (tertiary/aromatic N) is 1. The highest BCUT2D eigenvalue weighted by Gasteiger charge is 2.31. The lowest BCUT2D eigenvalue weighted by atomic mass is 9.94. The Morgan fingerprint density at radius 3 is 1.92 bits per heavy atom. The molecule has 0 saturated heterocycles. The van der Waals surface area contributed by atoms with E-state index in [4.69, 9.17) is 4.74 Å². The van der Waals surface area contributed by atoms with Gasteiger partial charge < -0.3 is 10.1 Å². The van der Waals surface area contributed by atoms with Crippen LogP contribution in [0.4, 0.5) is 5.69 Å². The normalized spacial score (nSPS) is 12.8. The molecule has 0 heterocycles. The summed E-state index contributed by atoms with van der Waals surface area (Å²) >= 11 is 0. The molecule has 0 aliphatic rings. The summed E-state index contributed by atoms with van der Waals surface area (Å²) < 4.78 is 32.7. The maximum absolute atomic E-state index is 13.5. The number of para-hydroxylation sites is 1. The Hall–Kier alpha value is -4.10. The van der Waals surface area contributed by atoms with Gasteiger partial charge in [-0.25, -0.2) is 8.42 Å². The maximum atomic E-state index is 13.5. The van der Waals surface area contributed by atoms with E-state index in [9.17, 15) is 13.2 Å². The number of rotatable bonds is 9. The van der Waals surface area contributed by atoms with Crippen LogP contribution in [0, 0.1) is 6.92 Å². The number of carbonyl (C=O) groups excluding carboxylic acids is 1. The van der Waals surface area contributed by atoms with Crippen LogP contribution in [0.3, 0.4) is 0 Å². The standard InChI is InChI=1S/C30H30N2O4S/c1-22-12-10-11-17-28(22)29(24-13-6-4-7-14-24)31-30(33)23(2)32(37(3,34)35)25-18-20-27(21-19-25)36-26-15-8-5-9-16-26/h4-21,23,29H,1-3H3,(H,31,33)/t23-,29-/m1/s1. The number of sulfonamides is 1. The van der Waals surface area contributed by atoms with Crippen LogP contribution < -0.4 is 14.4 Å². The summed E-state index contributed by atoms with van der Waals surface area (Å²) in [6.45, 7) is 3.58. The molecule has 0 aliphatic heterocycles. The van der Waals surface area contributed by atoms with Crippen LogP contribution in [0.2, 0.25) is 0 Å². The Morgan fingerprint density at radius 1 is 0.784 bits per heavy atom. The van der Waals surface area contributed by atoms with Crippen LogP contribution >= 0.6 is 0 Å². The largest absolute Gasteiger partial charge is 0.457 e. The second-order valence-electron chi connectivity index (χ2n) is 8.85. The van der Waals surface area contributed by atoms with Gasteiger partial charge in [0.05, 0.1) is 18.0 Å². The molecule has 4 aromatic carbocycles. The molecule has 2 atom stereocenters. The van der Waals surface area contributed by atoms with Crippen molar-refractivity contribution < 1.29 is 17.9 Å². The lowest BCUT2D eigenvalue weighted by molar-refractivity contribution is -0.122. The molecule has 7 heteroatoms. The Kier molecular flexibility index (Phi) is 7.94. The molecular formula is C30H30N2O4S. The van der Waals surface area contributed by atoms with Crippen molar-refractivity contribution in [3.8, 4) is 11.5 Å². The van der Waals surface area contributed by atoms with Crippen molar-refractivity contribution in [2.24, 2.45) is 0 Å². The average Bonchev–Trinajstić information content (AvgIpc) is 2.89. The molecule has 4 rings (SSSR count). The Morgan fingerprint density at radius 2 is 1.32 bits per heavy atom. The maximum Gasteiger partial charge on any atom is 0.244 e. The number of nitrogens with one attached hydrogen (secondary N) is 1. The quantitative estimate of drug-likeness (QED) is 0.304. The zero-order chi connectivity index (χ0) is 26.4. The van der Waals surface area contributed by atoms with E-state index in [0.717, 1.165) is 27.3 Å². The first-order valence-corrected chi connectivity index (χ1v) is 13.8. The predicted molar refractivity (Wildman–Crippen MR) is 147 cm³/mol. The van der Waals surface area contributed by atoms with Gasteiger partial charge in [-0.1, -0.05) is 72.8 Å². The summed E-state index contributed by atoms with van der Waals surface area (Å²) in [5, 5.41) is 3.09. The zero-order valence-electron chi connectivity index (χ0n) is 21.0. The van der Waals surface area contributed by atoms with Crippen molar-refractivity contribution in [2.45, 2.75) is 25.9 Å². The monoisotopic (exact) mass is 514 g/mol. The fraction of sp³-hybridized carbons (Fsp3) is 0.167. The fourth-order valence-electron chi connectivity index (χ4n) is 4.25. The van der Waals surface area contributed by atoms with Gasteiger partial charge in [0.15, 0.2) is 0 Å². The van der Waals surface area contributed by atoms with Crippen LogP contribution in [-0.2, 0) is 14.8 Å². The van der Waals surface area contributed by atoms with E-state index in [2.05, 4.69) is 5.32 Å². The Bertz CT molecular complexity index is 1440. The average molecular weight is 515 g/mol. The van der Waals surface area contributed by atoms with Gasteiger partial charge in [0, 0.05) is 0 Å². The van der Waals surface area contributed by atoms with Gasteiger partial charge in [-0.05, 0) is 66.9 Å². The van der Waals surface area contributed by atoms with Crippen LogP contribution in [0.1, 0.15) is 29.7 Å². The fourth-order valence-corrected chi connectivity index (χ4v) is 5.43. The van der Waals surface area contributed by atoms with Crippen molar-refractivity contribution in [3.63, 3.8) is 0 Å². The summed E-state index contributed by atoms with van der Waals surface area (Å²) in [6.07, 6.45) is 1.10. The topological polar surface area (TPSA) is 75.7 Å². The van der Waals surface area contributed by atoms with Crippen LogP contribution in [-0.4, -0.2) is 26.6 Å². The highest BCUT2D eigenvalue weighted by molar-refractivity contribution is 7.92. The molecule has 190 valence electrons. The first-order chi connectivity index (χ1) is 17.7. The number of carbonyl (C=O) groups is 1. The first kappa shape index (κ1) is 26.0. The Balaban J connectivity index is 1.60. The van der Waals surface area contributed by atoms with E-state index < -0.39 is 28.0 Å². The van der Waals surface area contributed by atoms with Gasteiger partial charge in [-0.2, -0.15) is 0 Å². The van der Waals surface area contributed by atoms with Gasteiger partial charge in [-0.3, -0.25) is 9.10 Å². The SMILES string of the molecule is Cc1ccccc1[C@H](NC(=O)[C@@H](C)N(c1ccc(Oc2ccccc2)cc1)S(C)(=O)=O)c1ccccc1. The molecule has 0 fully saturated rings. The molecule has 0 aliphatic carbocycles. The van der Waals surface area contributed by atoms with Gasteiger partial charge >= 0.3 is 0 Å². The third-order valence-electron chi connectivity index (χ3n) is 6.08. The Labute approximate surface area is 218 Å². The van der Waals surface area contributed by atoms with Crippen LogP contribution in [0.5, 0.6) is 11.5 Å². The number of ether oxygens (including phenoxy) is 1. The van der Waals surface area contributed by atoms with Gasteiger partial charge in [0.1, 0.15) is 17.5 Å². The van der Waals surface area contributed by atoms with Crippen molar-refractivity contribution in [2.75, 3.05) is 10.6 Å². The number of aryl methyl sites for hydroxylation is 1. The molecule has 0 radical (unpaired) electrons. The molecule has 0 aromatic heterocycles. The summed E-state index contributed by atoms with van der Waals surface area (Å²) in [5.74, 6) is 0.822. The number of amides is 1. The molecule has 1 N–H and O–H groups in total. The van der Waals surface area contributed by atoms with Gasteiger partial charge in [0.2, 0.25) is 15.9 Å². The molecule has 37 heavy (non-hydrogen) atoms. The van der Waals surface area contributed by atoms with Crippen molar-refractivity contribution >= 4 is 21.6 Å². The van der Waals surface area contributed by atoms with Crippen molar-refractivity contribution in [1.29, 1.82) is 0 Å². The minimum atomic E-state index is -3.78. The molecule has 0 unspecified atom stereocenters. The van der Waals surface area contributed by atoms with Gasteiger partial charge in [-0.15, -0.1) is 0 Å². The lowest BCUT2D eigenvalue weighted by Gasteiger charge is -2.30. The van der Waals surface area contributed by atoms with Gasteiger partial charge in [0.25, 0.3) is 0 Å². The summed E-state index contributed by atoms with van der Waals surface area (Å²) in [7, 11) is -3.78. The summed E-state index contributed by atoms with van der Waals surface area (Å²) in [4.78, 5) is 13.5. The smallest absolute Gasteiger partial charge is 0.244 e. The second kappa shape index (κ2) is 11.3. The molecule has 4 aromatic rings. The summed E-state index contributed by atoms with van der Waals surface area (Å²) in [5.41, 5.74) is 3.25. The number of benzene rings is 4. The molecular weight excluding hydrogens is 484 g/mol. The number of hydrogen-bond acceptors (Lipinski definition) is 4. The molecule has 0 bridgehead atoms. The highest BCUT2D eigenvalue weighted by Crippen LogP contribution is 2.29. The lowest BCUT2D eigenvalue weighted by Crippen LogP contribution is -2.48. The minimum absolute atomic E-state index is 0.373. The van der Waals surface area contributed by atoms with E-state index in [1.165, 1.54) is 0 Å².